The van der Waals surface area contributed by atoms with Gasteiger partial charge in [-0.1, -0.05) is 81.3 Å². The van der Waals surface area contributed by atoms with E-state index in [4.69, 9.17) is 11.6 Å². The number of imidazole rings is 1. The maximum absolute atomic E-state index is 7.41. The zero-order valence-corrected chi connectivity index (χ0v) is 20.3. The van der Waals surface area contributed by atoms with Crippen LogP contribution in [-0.2, 0) is 0 Å². The SMILES string of the molecule is [C-]#[N+]c1cc(C)c(-c2cc(C(C)C)c(-n3ccnc3-c3ccccc3)c(C(C)C)c2)c(C)c1. The molecule has 1 aromatic heterocycles. The molecule has 0 fully saturated rings. The van der Waals surface area contributed by atoms with Crippen LogP contribution in [-0.4, -0.2) is 9.55 Å². The molecule has 0 unspecified atom stereocenters. The monoisotopic (exact) mass is 433 g/mol. The van der Waals surface area contributed by atoms with Gasteiger partial charge in [0, 0.05) is 18.0 Å². The molecule has 3 heteroatoms. The van der Waals surface area contributed by atoms with Gasteiger partial charge in [0.2, 0.25) is 0 Å². The molecule has 4 aromatic rings. The van der Waals surface area contributed by atoms with Crippen molar-refractivity contribution in [2.45, 2.75) is 53.4 Å². The van der Waals surface area contributed by atoms with Crippen molar-refractivity contribution in [1.29, 1.82) is 0 Å². The summed E-state index contributed by atoms with van der Waals surface area (Å²) in [6, 6.07) is 19.1. The van der Waals surface area contributed by atoms with E-state index in [0.717, 1.165) is 22.5 Å². The van der Waals surface area contributed by atoms with Gasteiger partial charge < -0.3 is 0 Å². The number of nitrogens with zero attached hydrogens (tertiary/aromatic N) is 3. The number of hydrogen-bond donors (Lipinski definition) is 0. The fourth-order valence-corrected chi connectivity index (χ4v) is 4.73. The van der Waals surface area contributed by atoms with Crippen LogP contribution in [0.2, 0.25) is 0 Å². The first kappa shape index (κ1) is 22.6. The summed E-state index contributed by atoms with van der Waals surface area (Å²) in [4.78, 5) is 8.37. The van der Waals surface area contributed by atoms with Gasteiger partial charge >= 0.3 is 0 Å². The summed E-state index contributed by atoms with van der Waals surface area (Å²) in [6.07, 6.45) is 3.97. The molecular formula is C30H31N3. The molecule has 0 aliphatic heterocycles. The maximum atomic E-state index is 7.41. The van der Waals surface area contributed by atoms with E-state index in [0.29, 0.717) is 17.5 Å². The van der Waals surface area contributed by atoms with Gasteiger partial charge in [-0.2, -0.15) is 0 Å². The zero-order valence-electron chi connectivity index (χ0n) is 20.3. The van der Waals surface area contributed by atoms with Gasteiger partial charge in [-0.3, -0.25) is 4.57 Å². The van der Waals surface area contributed by atoms with Crippen LogP contribution in [0.3, 0.4) is 0 Å². The van der Waals surface area contributed by atoms with Crippen LogP contribution >= 0.6 is 0 Å². The third-order valence-corrected chi connectivity index (χ3v) is 6.26. The quantitative estimate of drug-likeness (QED) is 0.289. The molecule has 3 nitrogen and oxygen atoms in total. The molecule has 0 N–H and O–H groups in total. The van der Waals surface area contributed by atoms with Crippen LogP contribution < -0.4 is 0 Å². The summed E-state index contributed by atoms with van der Waals surface area (Å²) in [5.74, 6) is 1.64. The molecule has 3 aromatic carbocycles. The normalized spacial score (nSPS) is 11.2. The van der Waals surface area contributed by atoms with E-state index >= 15 is 0 Å². The largest absolute Gasteiger partial charge is 0.299 e. The topological polar surface area (TPSA) is 22.2 Å². The van der Waals surface area contributed by atoms with Crippen molar-refractivity contribution in [1.82, 2.24) is 9.55 Å². The Labute approximate surface area is 197 Å². The first-order valence-electron chi connectivity index (χ1n) is 11.6. The van der Waals surface area contributed by atoms with Gasteiger partial charge in [-0.05, 0) is 60.1 Å². The van der Waals surface area contributed by atoms with Gasteiger partial charge in [0.15, 0.2) is 5.69 Å². The standard InChI is InChI=1S/C30H31N3/c1-19(2)26-17-24(28-21(5)15-25(31-7)16-22(28)6)18-27(20(3)4)29(26)33-14-13-32-30(33)23-11-9-8-10-12-23/h8-20H,1-6H3. The van der Waals surface area contributed by atoms with Crippen molar-refractivity contribution in [2.24, 2.45) is 0 Å². The van der Waals surface area contributed by atoms with E-state index in [1.807, 2.05) is 24.4 Å². The lowest BCUT2D eigenvalue weighted by Gasteiger charge is -2.24. The molecule has 0 aliphatic rings. The lowest BCUT2D eigenvalue weighted by Crippen LogP contribution is -2.09. The molecule has 0 aliphatic carbocycles. The second-order valence-electron chi connectivity index (χ2n) is 9.37. The van der Waals surface area contributed by atoms with E-state index in [1.54, 1.807) is 0 Å². The number of rotatable bonds is 5. The number of aryl methyl sites for hydroxylation is 2. The summed E-state index contributed by atoms with van der Waals surface area (Å²) in [6.45, 7) is 20.7. The van der Waals surface area contributed by atoms with Gasteiger partial charge in [0.05, 0.1) is 12.3 Å². The van der Waals surface area contributed by atoms with Crippen LogP contribution in [0.4, 0.5) is 5.69 Å². The Morgan fingerprint density at radius 2 is 1.39 bits per heavy atom. The van der Waals surface area contributed by atoms with E-state index in [-0.39, 0.29) is 0 Å². The van der Waals surface area contributed by atoms with Gasteiger partial charge in [-0.25, -0.2) is 9.83 Å². The van der Waals surface area contributed by atoms with Crippen LogP contribution in [0, 0.1) is 20.4 Å². The molecule has 0 spiro atoms. The second kappa shape index (κ2) is 9.08. The minimum absolute atomic E-state index is 0.339. The molecule has 0 bridgehead atoms. The van der Waals surface area contributed by atoms with E-state index < -0.39 is 0 Å². The Hall–Kier alpha value is -3.64. The highest BCUT2D eigenvalue weighted by molar-refractivity contribution is 5.77. The predicted octanol–water partition coefficient (Wildman–Crippen LogP) is 8.62. The van der Waals surface area contributed by atoms with Crippen molar-refractivity contribution >= 4 is 5.69 Å². The predicted molar refractivity (Wildman–Crippen MR) is 138 cm³/mol. The molecule has 0 radical (unpaired) electrons. The van der Waals surface area contributed by atoms with E-state index in [2.05, 4.69) is 93.5 Å². The molecule has 1 heterocycles. The summed E-state index contributed by atoms with van der Waals surface area (Å²) in [5, 5.41) is 0. The second-order valence-corrected chi connectivity index (χ2v) is 9.37. The minimum atomic E-state index is 0.339. The third-order valence-electron chi connectivity index (χ3n) is 6.26. The van der Waals surface area contributed by atoms with Crippen LogP contribution in [0.5, 0.6) is 0 Å². The molecular weight excluding hydrogens is 402 g/mol. The molecule has 0 saturated heterocycles. The average molecular weight is 434 g/mol. The highest BCUT2D eigenvalue weighted by Gasteiger charge is 2.21. The van der Waals surface area contributed by atoms with Crippen molar-refractivity contribution in [3.05, 3.63) is 101 Å². The average Bonchev–Trinajstić information content (AvgIpc) is 3.28. The number of benzene rings is 3. The van der Waals surface area contributed by atoms with E-state index in [9.17, 15) is 0 Å². The van der Waals surface area contributed by atoms with Crippen molar-refractivity contribution < 1.29 is 0 Å². The summed E-state index contributed by atoms with van der Waals surface area (Å²) in [7, 11) is 0. The molecule has 0 saturated carbocycles. The first-order valence-corrected chi connectivity index (χ1v) is 11.6. The summed E-state index contributed by atoms with van der Waals surface area (Å²) < 4.78 is 2.26. The zero-order chi connectivity index (χ0) is 23.7. The third kappa shape index (κ3) is 4.22. The van der Waals surface area contributed by atoms with Crippen molar-refractivity contribution in [3.8, 4) is 28.2 Å². The Bertz CT molecular complexity index is 1280. The Kier molecular flexibility index (Phi) is 6.20. The Morgan fingerprint density at radius 1 is 0.818 bits per heavy atom. The maximum Gasteiger partial charge on any atom is 0.187 e. The molecule has 33 heavy (non-hydrogen) atoms. The molecule has 166 valence electrons. The van der Waals surface area contributed by atoms with Crippen LogP contribution in [0.1, 0.15) is 61.8 Å². The van der Waals surface area contributed by atoms with Crippen molar-refractivity contribution in [2.75, 3.05) is 0 Å². The van der Waals surface area contributed by atoms with E-state index in [1.165, 1.54) is 27.9 Å². The lowest BCUT2D eigenvalue weighted by molar-refractivity contribution is 0.807. The number of aromatic nitrogens is 2. The number of hydrogen-bond acceptors (Lipinski definition) is 1. The first-order chi connectivity index (χ1) is 15.8. The van der Waals surface area contributed by atoms with Crippen LogP contribution in [0.25, 0.3) is 33.0 Å². The van der Waals surface area contributed by atoms with Gasteiger partial charge in [-0.15, -0.1) is 0 Å². The highest BCUT2D eigenvalue weighted by atomic mass is 15.1. The summed E-state index contributed by atoms with van der Waals surface area (Å²) >= 11 is 0. The van der Waals surface area contributed by atoms with Gasteiger partial charge in [0.25, 0.3) is 0 Å². The fraction of sp³-hybridized carbons (Fsp3) is 0.267. The summed E-state index contributed by atoms with van der Waals surface area (Å²) in [5.41, 5.74) is 10.4. The highest BCUT2D eigenvalue weighted by Crippen LogP contribution is 2.40. The molecule has 0 atom stereocenters. The minimum Gasteiger partial charge on any atom is -0.299 e. The smallest absolute Gasteiger partial charge is 0.187 e. The lowest BCUT2D eigenvalue weighted by atomic mass is 9.86. The Balaban J connectivity index is 2.01. The molecule has 4 rings (SSSR count). The van der Waals surface area contributed by atoms with Crippen LogP contribution in [0.15, 0.2) is 67.0 Å². The Morgan fingerprint density at radius 3 is 1.91 bits per heavy atom. The fourth-order valence-electron chi connectivity index (χ4n) is 4.73. The molecule has 0 amide bonds. The van der Waals surface area contributed by atoms with Crippen molar-refractivity contribution in [3.63, 3.8) is 0 Å². The van der Waals surface area contributed by atoms with Gasteiger partial charge in [0.1, 0.15) is 5.82 Å².